The summed E-state index contributed by atoms with van der Waals surface area (Å²) in [6.45, 7) is 0. The first-order valence-electron chi connectivity index (χ1n) is 7.68. The number of para-hydroxylation sites is 1. The molecule has 3 aromatic rings. The molecule has 1 aromatic heterocycles. The molecule has 0 fully saturated rings. The molecular weight excluding hydrogens is 416 g/mol. The van der Waals surface area contributed by atoms with E-state index in [1.54, 1.807) is 48.5 Å². The first kappa shape index (κ1) is 18.3. The van der Waals surface area contributed by atoms with Crippen LogP contribution < -0.4 is 11.2 Å². The van der Waals surface area contributed by atoms with Gasteiger partial charge in [0.25, 0.3) is 11.6 Å². The second-order valence-corrected chi connectivity index (χ2v) is 6.32. The van der Waals surface area contributed by atoms with E-state index >= 15 is 0 Å². The highest BCUT2D eigenvalue weighted by Crippen LogP contribution is 2.33. The number of amides is 1. The van der Waals surface area contributed by atoms with Crippen molar-refractivity contribution in [1.29, 1.82) is 0 Å². The number of carbonyl (C=O) groups is 1. The van der Waals surface area contributed by atoms with Crippen LogP contribution in [0.2, 0.25) is 0 Å². The molecule has 1 heterocycles. The number of hydrogen-bond donors (Lipinski definition) is 2. The lowest BCUT2D eigenvalue weighted by atomic mass is 10.1. The molecule has 0 aliphatic heterocycles. The molecule has 3 N–H and O–H groups in total. The summed E-state index contributed by atoms with van der Waals surface area (Å²) in [4.78, 5) is 22.8. The Bertz CT molecular complexity index is 1050. The zero-order chi connectivity index (χ0) is 19.4. The van der Waals surface area contributed by atoms with Gasteiger partial charge in [0.1, 0.15) is 11.5 Å². The Balaban J connectivity index is 1.75. The van der Waals surface area contributed by atoms with Crippen molar-refractivity contribution in [2.75, 3.05) is 5.73 Å². The number of furan rings is 1. The van der Waals surface area contributed by atoms with Crippen LogP contribution in [-0.2, 0) is 0 Å². The quantitative estimate of drug-likeness (QED) is 0.275. The van der Waals surface area contributed by atoms with Crippen molar-refractivity contribution < 1.29 is 14.1 Å². The highest BCUT2D eigenvalue weighted by molar-refractivity contribution is 9.10. The number of hydrogen-bond acceptors (Lipinski definition) is 6. The van der Waals surface area contributed by atoms with E-state index in [-0.39, 0.29) is 5.69 Å². The van der Waals surface area contributed by atoms with Crippen molar-refractivity contribution in [1.82, 2.24) is 5.43 Å². The Hall–Kier alpha value is -3.46. The van der Waals surface area contributed by atoms with E-state index in [0.717, 1.165) is 0 Å². The maximum Gasteiger partial charge on any atom is 0.281 e. The zero-order valence-corrected chi connectivity index (χ0v) is 15.3. The van der Waals surface area contributed by atoms with Crippen molar-refractivity contribution in [3.05, 3.63) is 80.5 Å². The topological polar surface area (TPSA) is 124 Å². The van der Waals surface area contributed by atoms with Crippen molar-refractivity contribution in [2.24, 2.45) is 5.10 Å². The number of benzene rings is 2. The molecular formula is C18H13BrN4O4. The number of carbonyl (C=O) groups excluding carboxylic acids is 1. The molecule has 136 valence electrons. The minimum absolute atomic E-state index is 0.0879. The molecule has 0 bridgehead atoms. The lowest BCUT2D eigenvalue weighted by Gasteiger charge is -2.02. The molecule has 0 aliphatic carbocycles. The van der Waals surface area contributed by atoms with E-state index in [1.165, 1.54) is 12.3 Å². The first-order valence-corrected chi connectivity index (χ1v) is 8.47. The van der Waals surface area contributed by atoms with Gasteiger partial charge in [-0.25, -0.2) is 5.43 Å². The van der Waals surface area contributed by atoms with Gasteiger partial charge < -0.3 is 10.2 Å². The first-order chi connectivity index (χ1) is 13.0. The van der Waals surface area contributed by atoms with Crippen LogP contribution in [-0.4, -0.2) is 17.0 Å². The second-order valence-electron chi connectivity index (χ2n) is 5.41. The number of hydrazone groups is 1. The van der Waals surface area contributed by atoms with Gasteiger partial charge >= 0.3 is 0 Å². The van der Waals surface area contributed by atoms with Gasteiger partial charge in [0.05, 0.1) is 22.3 Å². The standard InChI is InChI=1S/C18H13BrN4O4/c19-11-5-7-14(16(9-11)23(25)26)17-8-6-12(27-17)10-21-22-18(24)13-3-1-2-4-15(13)20/h1-10H,20H2,(H,22,24)/b21-10+. The number of anilines is 1. The number of halogens is 1. The van der Waals surface area contributed by atoms with Gasteiger partial charge in [0.2, 0.25) is 0 Å². The summed E-state index contributed by atoms with van der Waals surface area (Å²) in [5.74, 6) is 0.178. The third kappa shape index (κ3) is 4.21. The van der Waals surface area contributed by atoms with Crippen LogP contribution in [0.4, 0.5) is 11.4 Å². The van der Waals surface area contributed by atoms with E-state index in [1.807, 2.05) is 0 Å². The van der Waals surface area contributed by atoms with Gasteiger partial charge in [-0.15, -0.1) is 0 Å². The van der Waals surface area contributed by atoms with E-state index in [0.29, 0.717) is 32.8 Å². The van der Waals surface area contributed by atoms with E-state index in [9.17, 15) is 14.9 Å². The van der Waals surface area contributed by atoms with Gasteiger partial charge in [-0.1, -0.05) is 28.1 Å². The molecule has 0 saturated carbocycles. The summed E-state index contributed by atoms with van der Waals surface area (Å²) < 4.78 is 6.16. The van der Waals surface area contributed by atoms with Gasteiger partial charge in [0, 0.05) is 16.2 Å². The molecule has 1 amide bonds. The molecule has 9 heteroatoms. The minimum Gasteiger partial charge on any atom is -0.455 e. The van der Waals surface area contributed by atoms with Crippen LogP contribution >= 0.6 is 15.9 Å². The predicted molar refractivity (Wildman–Crippen MR) is 104 cm³/mol. The number of nitrogens with two attached hydrogens (primary N) is 1. The number of rotatable bonds is 5. The van der Waals surface area contributed by atoms with Crippen LogP contribution in [0.1, 0.15) is 16.1 Å². The smallest absolute Gasteiger partial charge is 0.281 e. The number of nitrogen functional groups attached to an aromatic ring is 1. The van der Waals surface area contributed by atoms with Crippen LogP contribution in [0.15, 0.2) is 68.6 Å². The monoisotopic (exact) mass is 428 g/mol. The maximum atomic E-state index is 12.0. The van der Waals surface area contributed by atoms with Crippen LogP contribution in [0.5, 0.6) is 0 Å². The molecule has 0 atom stereocenters. The molecule has 2 aromatic carbocycles. The van der Waals surface area contributed by atoms with E-state index in [4.69, 9.17) is 10.2 Å². The summed E-state index contributed by atoms with van der Waals surface area (Å²) in [6.07, 6.45) is 1.30. The van der Waals surface area contributed by atoms with Crippen molar-refractivity contribution in [3.8, 4) is 11.3 Å². The lowest BCUT2D eigenvalue weighted by Crippen LogP contribution is -2.18. The highest BCUT2D eigenvalue weighted by atomic mass is 79.9. The third-order valence-corrected chi connectivity index (χ3v) is 4.11. The summed E-state index contributed by atoms with van der Waals surface area (Å²) >= 11 is 3.21. The van der Waals surface area contributed by atoms with E-state index in [2.05, 4.69) is 26.5 Å². The fourth-order valence-electron chi connectivity index (χ4n) is 2.35. The third-order valence-electron chi connectivity index (χ3n) is 3.61. The maximum absolute atomic E-state index is 12.0. The minimum atomic E-state index is -0.485. The normalized spacial score (nSPS) is 10.9. The van der Waals surface area contributed by atoms with Gasteiger partial charge in [0.15, 0.2) is 0 Å². The Kier molecular flexibility index (Phi) is 5.32. The summed E-state index contributed by atoms with van der Waals surface area (Å²) in [6, 6.07) is 14.5. The number of nitro benzene ring substituents is 1. The molecule has 0 spiro atoms. The summed E-state index contributed by atoms with van der Waals surface area (Å²) in [5, 5.41) is 15.0. The summed E-state index contributed by atoms with van der Waals surface area (Å²) in [7, 11) is 0. The SMILES string of the molecule is Nc1ccccc1C(=O)N/N=C/c1ccc(-c2ccc(Br)cc2[N+](=O)[O-])o1. The highest BCUT2D eigenvalue weighted by Gasteiger charge is 2.18. The largest absolute Gasteiger partial charge is 0.455 e. The second kappa shape index (κ2) is 7.83. The number of nitrogens with zero attached hydrogens (tertiary/aromatic N) is 2. The number of nitro groups is 1. The fourth-order valence-corrected chi connectivity index (χ4v) is 2.70. The Labute approximate surface area is 162 Å². The van der Waals surface area contributed by atoms with E-state index < -0.39 is 10.8 Å². The van der Waals surface area contributed by atoms with Crippen LogP contribution in [0, 0.1) is 10.1 Å². The lowest BCUT2D eigenvalue weighted by molar-refractivity contribution is -0.384. The number of nitrogens with one attached hydrogen (secondary N) is 1. The van der Waals surface area contributed by atoms with Crippen molar-refractivity contribution in [3.63, 3.8) is 0 Å². The van der Waals surface area contributed by atoms with Crippen molar-refractivity contribution in [2.45, 2.75) is 0 Å². The molecule has 27 heavy (non-hydrogen) atoms. The van der Waals surface area contributed by atoms with Crippen LogP contribution in [0.25, 0.3) is 11.3 Å². The van der Waals surface area contributed by atoms with Gasteiger partial charge in [-0.05, 0) is 36.4 Å². The Morgan fingerprint density at radius 3 is 2.74 bits per heavy atom. The van der Waals surface area contributed by atoms with Gasteiger partial charge in [-0.3, -0.25) is 14.9 Å². The average Bonchev–Trinajstić information content (AvgIpc) is 3.10. The molecule has 0 radical (unpaired) electrons. The Morgan fingerprint density at radius 1 is 1.22 bits per heavy atom. The molecule has 0 saturated heterocycles. The molecule has 3 rings (SSSR count). The molecule has 0 aliphatic rings. The molecule has 8 nitrogen and oxygen atoms in total. The summed E-state index contributed by atoms with van der Waals surface area (Å²) in [5.41, 5.74) is 8.98. The molecule has 0 unspecified atom stereocenters. The fraction of sp³-hybridized carbons (Fsp3) is 0. The Morgan fingerprint density at radius 2 is 2.00 bits per heavy atom. The van der Waals surface area contributed by atoms with Crippen molar-refractivity contribution >= 4 is 39.4 Å². The zero-order valence-electron chi connectivity index (χ0n) is 13.8. The predicted octanol–water partition coefficient (Wildman–Crippen LogP) is 3.96. The van der Waals surface area contributed by atoms with Gasteiger partial charge in [-0.2, -0.15) is 5.10 Å². The van der Waals surface area contributed by atoms with Crippen LogP contribution in [0.3, 0.4) is 0 Å². The average molecular weight is 429 g/mol.